The monoisotopic (exact) mass is 340 g/mol. The molecule has 0 amide bonds. The molecule has 0 saturated carbocycles. The maximum Gasteiger partial charge on any atom is 0.0274 e. The van der Waals surface area contributed by atoms with Crippen molar-refractivity contribution in [3.8, 4) is 0 Å². The second kappa shape index (κ2) is 7.82. The van der Waals surface area contributed by atoms with E-state index in [-0.39, 0.29) is 22.1 Å². The normalized spacial score (nSPS) is 31.3. The number of nitrogens with zero attached hydrogens (tertiary/aromatic N) is 1. The molecule has 1 aliphatic heterocycles. The lowest BCUT2D eigenvalue weighted by Gasteiger charge is -2.45. The largest absolute Gasteiger partial charge is 0.374 e. The van der Waals surface area contributed by atoms with Crippen molar-refractivity contribution in [1.82, 2.24) is 4.90 Å². The van der Waals surface area contributed by atoms with Gasteiger partial charge in [0.1, 0.15) is 0 Å². The molecule has 0 aromatic rings. The van der Waals surface area contributed by atoms with E-state index < -0.39 is 0 Å². The molecule has 2 aliphatic rings. The Morgan fingerprint density at radius 1 is 1.09 bits per heavy atom. The van der Waals surface area contributed by atoms with Crippen LogP contribution in [0.5, 0.6) is 0 Å². The number of thiol groups is 1. The Hall–Kier alpha value is -0.150. The molecule has 0 aromatic carbocycles. The van der Waals surface area contributed by atoms with Crippen molar-refractivity contribution in [1.29, 1.82) is 0 Å². The average molecular weight is 341 g/mol. The summed E-state index contributed by atoms with van der Waals surface area (Å²) in [5.74, 6) is 0.859. The number of rotatable bonds is 1. The number of likely N-dealkylation sites (tertiary alicyclic amines) is 1. The maximum atomic E-state index is 6.48. The van der Waals surface area contributed by atoms with Crippen molar-refractivity contribution < 1.29 is 0 Å². The number of allylic oxidation sites excluding steroid dienone is 2. The Bertz CT molecular complexity index is 417. The van der Waals surface area contributed by atoms with Crippen molar-refractivity contribution in [2.75, 3.05) is 13.1 Å². The standard InChI is InChI=1S/C18H34N2S.C2H6/c1-12-7-9-20(10-8-12)15-13(2)17(3,4)11-14(19)16(21)18(15,5)6;1-2/h12,14,16,21H,7-11,19H2,1-6H3;1-2H3. The quantitative estimate of drug-likeness (QED) is 0.650. The summed E-state index contributed by atoms with van der Waals surface area (Å²) < 4.78 is 0. The smallest absolute Gasteiger partial charge is 0.0274 e. The first kappa shape index (κ1) is 20.9. The van der Waals surface area contributed by atoms with Gasteiger partial charge in [0.05, 0.1) is 0 Å². The second-order valence-corrected chi connectivity index (χ2v) is 9.12. The molecule has 3 heteroatoms. The molecule has 136 valence electrons. The third-order valence-corrected chi connectivity index (χ3v) is 7.00. The fourth-order valence-electron chi connectivity index (χ4n) is 4.21. The van der Waals surface area contributed by atoms with Gasteiger partial charge in [0.2, 0.25) is 0 Å². The highest BCUT2D eigenvalue weighted by atomic mass is 32.1. The number of hydrogen-bond acceptors (Lipinski definition) is 3. The molecule has 0 radical (unpaired) electrons. The van der Waals surface area contributed by atoms with E-state index in [4.69, 9.17) is 18.4 Å². The molecule has 1 fully saturated rings. The summed E-state index contributed by atoms with van der Waals surface area (Å²) in [5, 5.41) is 0.212. The predicted octanol–water partition coefficient (Wildman–Crippen LogP) is 5.10. The molecule has 2 nitrogen and oxygen atoms in total. The minimum atomic E-state index is 0.0287. The molecule has 2 rings (SSSR count). The van der Waals surface area contributed by atoms with E-state index in [0.717, 1.165) is 12.3 Å². The third-order valence-electron chi connectivity index (χ3n) is 5.97. The van der Waals surface area contributed by atoms with Crippen LogP contribution in [0.25, 0.3) is 0 Å². The minimum absolute atomic E-state index is 0.0287. The molecule has 0 aromatic heterocycles. The summed E-state index contributed by atoms with van der Waals surface area (Å²) in [6, 6.07) is 0.148. The van der Waals surface area contributed by atoms with Gasteiger partial charge in [-0.25, -0.2) is 0 Å². The maximum absolute atomic E-state index is 6.48. The summed E-state index contributed by atoms with van der Waals surface area (Å²) >= 11 is 4.93. The van der Waals surface area contributed by atoms with Crippen molar-refractivity contribution in [3.05, 3.63) is 11.3 Å². The zero-order valence-corrected chi connectivity index (χ0v) is 17.6. The van der Waals surface area contributed by atoms with Crippen molar-refractivity contribution in [2.24, 2.45) is 22.5 Å². The van der Waals surface area contributed by atoms with Crippen LogP contribution in [0.4, 0.5) is 0 Å². The molecule has 1 heterocycles. The number of piperidine rings is 1. The Morgan fingerprint density at radius 2 is 1.57 bits per heavy atom. The van der Waals surface area contributed by atoms with Gasteiger partial charge in [0.25, 0.3) is 0 Å². The highest BCUT2D eigenvalue weighted by Crippen LogP contribution is 2.49. The molecule has 1 saturated heterocycles. The lowest BCUT2D eigenvalue weighted by atomic mass is 9.78. The van der Waals surface area contributed by atoms with Gasteiger partial charge in [-0.15, -0.1) is 0 Å². The first-order chi connectivity index (χ1) is 10.6. The summed E-state index contributed by atoms with van der Waals surface area (Å²) in [4.78, 5) is 2.64. The van der Waals surface area contributed by atoms with Gasteiger partial charge in [-0.05, 0) is 43.1 Å². The first-order valence-electron chi connectivity index (χ1n) is 9.48. The molecule has 0 spiro atoms. The van der Waals surface area contributed by atoms with Crippen LogP contribution in [-0.2, 0) is 0 Å². The molecule has 0 bridgehead atoms. The van der Waals surface area contributed by atoms with E-state index in [0.29, 0.717) is 0 Å². The van der Waals surface area contributed by atoms with E-state index in [1.54, 1.807) is 0 Å². The minimum Gasteiger partial charge on any atom is -0.374 e. The average Bonchev–Trinajstić information content (AvgIpc) is 2.53. The fourth-order valence-corrected chi connectivity index (χ4v) is 4.44. The van der Waals surface area contributed by atoms with Crippen LogP contribution in [0.2, 0.25) is 0 Å². The van der Waals surface area contributed by atoms with Crippen molar-refractivity contribution in [3.63, 3.8) is 0 Å². The fraction of sp³-hybridized carbons (Fsp3) is 0.900. The highest BCUT2D eigenvalue weighted by molar-refractivity contribution is 7.81. The third kappa shape index (κ3) is 4.28. The Balaban J connectivity index is 0.00000127. The zero-order chi connectivity index (χ0) is 18.0. The van der Waals surface area contributed by atoms with E-state index in [1.807, 2.05) is 13.8 Å². The summed E-state index contributed by atoms with van der Waals surface area (Å²) in [6.45, 7) is 20.4. The molecule has 2 N–H and O–H groups in total. The van der Waals surface area contributed by atoms with Gasteiger partial charge in [0, 0.05) is 35.5 Å². The summed E-state index contributed by atoms with van der Waals surface area (Å²) in [7, 11) is 0. The van der Waals surface area contributed by atoms with E-state index in [9.17, 15) is 0 Å². The van der Waals surface area contributed by atoms with Crippen LogP contribution in [-0.4, -0.2) is 29.3 Å². The van der Waals surface area contributed by atoms with Crippen LogP contribution in [0, 0.1) is 16.7 Å². The van der Waals surface area contributed by atoms with Gasteiger partial charge < -0.3 is 10.6 Å². The molecule has 2 unspecified atom stereocenters. The topological polar surface area (TPSA) is 29.3 Å². The lowest BCUT2D eigenvalue weighted by Crippen LogP contribution is -2.46. The highest BCUT2D eigenvalue weighted by Gasteiger charge is 2.45. The lowest BCUT2D eigenvalue weighted by molar-refractivity contribution is 0.184. The molecular formula is C20H40N2S. The van der Waals surface area contributed by atoms with Gasteiger partial charge in [0.15, 0.2) is 0 Å². The van der Waals surface area contributed by atoms with Crippen LogP contribution in [0.15, 0.2) is 11.3 Å². The van der Waals surface area contributed by atoms with Gasteiger partial charge in [-0.2, -0.15) is 12.6 Å². The van der Waals surface area contributed by atoms with Crippen LogP contribution >= 0.6 is 12.6 Å². The summed E-state index contributed by atoms with van der Waals surface area (Å²) in [5.41, 5.74) is 9.71. The molecule has 23 heavy (non-hydrogen) atoms. The first-order valence-corrected chi connectivity index (χ1v) is 9.99. The van der Waals surface area contributed by atoms with E-state index >= 15 is 0 Å². The van der Waals surface area contributed by atoms with Crippen molar-refractivity contribution in [2.45, 2.75) is 85.9 Å². The Morgan fingerprint density at radius 3 is 2.04 bits per heavy atom. The van der Waals surface area contributed by atoms with Gasteiger partial charge in [-0.1, -0.05) is 48.5 Å². The van der Waals surface area contributed by atoms with E-state index in [2.05, 4.69) is 46.4 Å². The second-order valence-electron chi connectivity index (χ2n) is 8.56. The van der Waals surface area contributed by atoms with Crippen LogP contribution in [0.1, 0.15) is 74.7 Å². The van der Waals surface area contributed by atoms with Crippen molar-refractivity contribution >= 4 is 12.6 Å². The molecule has 2 atom stereocenters. The SMILES string of the molecule is CC.CC1=C(N2CCC(C)CC2)C(C)(C)C(S)C(N)CC1(C)C. The Kier molecular flexibility index (Phi) is 7.10. The number of nitrogens with two attached hydrogens (primary N) is 1. The zero-order valence-electron chi connectivity index (χ0n) is 16.7. The van der Waals surface area contributed by atoms with Crippen LogP contribution < -0.4 is 5.73 Å². The predicted molar refractivity (Wildman–Crippen MR) is 107 cm³/mol. The summed E-state index contributed by atoms with van der Waals surface area (Å²) in [6.07, 6.45) is 3.62. The molecular weight excluding hydrogens is 300 g/mol. The van der Waals surface area contributed by atoms with Gasteiger partial charge in [-0.3, -0.25) is 0 Å². The van der Waals surface area contributed by atoms with E-state index in [1.165, 1.54) is 37.2 Å². The van der Waals surface area contributed by atoms with Crippen LogP contribution in [0.3, 0.4) is 0 Å². The Labute approximate surface area is 150 Å². The molecule has 1 aliphatic carbocycles. The van der Waals surface area contributed by atoms with Gasteiger partial charge >= 0.3 is 0 Å². The number of hydrogen-bond donors (Lipinski definition) is 2.